The molecule has 2 heterocycles. The summed E-state index contributed by atoms with van der Waals surface area (Å²) in [5.74, 6) is 0. The molecule has 2 aliphatic heterocycles. The highest BCUT2D eigenvalue weighted by molar-refractivity contribution is 8.00. The minimum atomic E-state index is 0.356. The number of anilines is 1. The van der Waals surface area contributed by atoms with Crippen molar-refractivity contribution in [2.75, 3.05) is 18.5 Å². The highest BCUT2D eigenvalue weighted by Crippen LogP contribution is 2.45. The van der Waals surface area contributed by atoms with Crippen LogP contribution < -0.4 is 4.90 Å². The molecule has 17 heavy (non-hydrogen) atoms. The summed E-state index contributed by atoms with van der Waals surface area (Å²) in [6, 6.07) is 8.83. The van der Waals surface area contributed by atoms with Gasteiger partial charge in [-0.15, -0.1) is 0 Å². The number of para-hydroxylation sites is 1. The van der Waals surface area contributed by atoms with E-state index in [0.717, 1.165) is 25.8 Å². The van der Waals surface area contributed by atoms with Gasteiger partial charge >= 0.3 is 0 Å². The highest BCUT2D eigenvalue weighted by Gasteiger charge is 2.38. The lowest BCUT2D eigenvalue weighted by molar-refractivity contribution is -0.118. The van der Waals surface area contributed by atoms with Gasteiger partial charge < -0.3 is 9.80 Å². The fourth-order valence-electron chi connectivity index (χ4n) is 2.78. The van der Waals surface area contributed by atoms with Crippen molar-refractivity contribution in [2.45, 2.75) is 29.2 Å². The summed E-state index contributed by atoms with van der Waals surface area (Å²) in [5, 5.41) is 0.375. The van der Waals surface area contributed by atoms with E-state index in [1.165, 1.54) is 10.6 Å². The Morgan fingerprint density at radius 3 is 3.00 bits per heavy atom. The van der Waals surface area contributed by atoms with Crippen molar-refractivity contribution in [2.24, 2.45) is 0 Å². The van der Waals surface area contributed by atoms with E-state index in [4.69, 9.17) is 0 Å². The van der Waals surface area contributed by atoms with Crippen molar-refractivity contribution in [3.63, 3.8) is 0 Å². The van der Waals surface area contributed by atoms with E-state index in [-0.39, 0.29) is 0 Å². The molecule has 1 saturated heterocycles. The van der Waals surface area contributed by atoms with Gasteiger partial charge in [-0.3, -0.25) is 4.79 Å². The van der Waals surface area contributed by atoms with Crippen molar-refractivity contribution in [1.82, 2.24) is 4.90 Å². The Morgan fingerprint density at radius 1 is 1.41 bits per heavy atom. The second-order valence-corrected chi connectivity index (χ2v) is 5.80. The van der Waals surface area contributed by atoms with Gasteiger partial charge in [-0.25, -0.2) is 0 Å². The van der Waals surface area contributed by atoms with Crippen molar-refractivity contribution >= 4 is 23.9 Å². The maximum absolute atomic E-state index is 11.1. The monoisotopic (exact) mass is 248 g/mol. The van der Waals surface area contributed by atoms with Crippen LogP contribution in [0.3, 0.4) is 0 Å². The maximum Gasteiger partial charge on any atom is 0.210 e. The lowest BCUT2D eigenvalue weighted by Gasteiger charge is -2.31. The van der Waals surface area contributed by atoms with E-state index >= 15 is 0 Å². The topological polar surface area (TPSA) is 23.6 Å². The van der Waals surface area contributed by atoms with Gasteiger partial charge in [-0.2, -0.15) is 0 Å². The zero-order valence-corrected chi connectivity index (χ0v) is 10.7. The molecule has 1 amide bonds. The molecule has 90 valence electrons. The zero-order valence-electron chi connectivity index (χ0n) is 9.87. The number of carbonyl (C=O) groups is 1. The van der Waals surface area contributed by atoms with Gasteiger partial charge in [0.15, 0.2) is 0 Å². The second kappa shape index (κ2) is 4.26. The van der Waals surface area contributed by atoms with Crippen LogP contribution in [-0.4, -0.2) is 36.3 Å². The Hall–Kier alpha value is -1.16. The Balaban J connectivity index is 1.86. The predicted molar refractivity (Wildman–Crippen MR) is 70.3 cm³/mol. The molecule has 2 atom stereocenters. The molecule has 1 fully saturated rings. The summed E-state index contributed by atoms with van der Waals surface area (Å²) in [6.45, 7) is 0.912. The normalized spacial score (nSPS) is 27.4. The fourth-order valence-corrected chi connectivity index (χ4v) is 4.25. The second-order valence-electron chi connectivity index (χ2n) is 4.64. The first-order chi connectivity index (χ1) is 8.31. The summed E-state index contributed by atoms with van der Waals surface area (Å²) in [5.41, 5.74) is 1.29. The molecule has 0 radical (unpaired) electrons. The average molecular weight is 248 g/mol. The number of benzene rings is 1. The Labute approximate surface area is 106 Å². The molecular formula is C13H16N2OS. The summed E-state index contributed by atoms with van der Waals surface area (Å²) in [6.07, 6.45) is 3.26. The van der Waals surface area contributed by atoms with Crippen molar-refractivity contribution in [3.8, 4) is 0 Å². The summed E-state index contributed by atoms with van der Waals surface area (Å²) >= 11 is 1.89. The molecule has 3 nitrogen and oxygen atoms in total. The number of likely N-dealkylation sites (N-methyl/N-ethyl adjacent to an activating group) is 1. The van der Waals surface area contributed by atoms with Crippen LogP contribution in [0, 0.1) is 0 Å². The molecule has 0 N–H and O–H groups in total. The molecule has 3 rings (SSSR count). The molecule has 0 aromatic heterocycles. The molecule has 2 aliphatic rings. The zero-order chi connectivity index (χ0) is 11.8. The van der Waals surface area contributed by atoms with E-state index in [0.29, 0.717) is 11.4 Å². The third-order valence-electron chi connectivity index (χ3n) is 3.68. The number of fused-ring (bicyclic) bond motifs is 1. The van der Waals surface area contributed by atoms with Gasteiger partial charge in [0.1, 0.15) is 0 Å². The summed E-state index contributed by atoms with van der Waals surface area (Å²) in [7, 11) is 2.13. The van der Waals surface area contributed by atoms with Gasteiger partial charge in [0.05, 0.1) is 17.1 Å². The lowest BCUT2D eigenvalue weighted by atomic mass is 10.2. The van der Waals surface area contributed by atoms with E-state index in [1.54, 1.807) is 0 Å². The van der Waals surface area contributed by atoms with Gasteiger partial charge in [0, 0.05) is 18.5 Å². The third-order valence-corrected chi connectivity index (χ3v) is 5.15. The van der Waals surface area contributed by atoms with Gasteiger partial charge in [-0.1, -0.05) is 23.9 Å². The van der Waals surface area contributed by atoms with E-state index in [1.807, 2.05) is 16.7 Å². The number of thioether (sulfide) groups is 1. The highest BCUT2D eigenvalue weighted by atomic mass is 32.2. The van der Waals surface area contributed by atoms with Crippen LogP contribution in [0.5, 0.6) is 0 Å². The Bertz CT molecular complexity index is 437. The van der Waals surface area contributed by atoms with Crippen molar-refractivity contribution in [1.29, 1.82) is 0 Å². The SMILES string of the molecule is CN1c2ccccc2SC1C1CCCN1C=O. The number of rotatable bonds is 2. The molecule has 4 heteroatoms. The fraction of sp³-hybridized carbons (Fsp3) is 0.462. The van der Waals surface area contributed by atoms with Crippen molar-refractivity contribution < 1.29 is 4.79 Å². The molecule has 0 spiro atoms. The molecule has 1 aromatic rings. The first-order valence-corrected chi connectivity index (χ1v) is 6.89. The van der Waals surface area contributed by atoms with Crippen molar-refractivity contribution in [3.05, 3.63) is 24.3 Å². The predicted octanol–water partition coefficient (Wildman–Crippen LogP) is 2.18. The van der Waals surface area contributed by atoms with E-state index in [9.17, 15) is 4.79 Å². The van der Waals surface area contributed by atoms with Crippen LogP contribution in [0.1, 0.15) is 12.8 Å². The number of carbonyl (C=O) groups excluding carboxylic acids is 1. The minimum absolute atomic E-state index is 0.356. The molecule has 0 aliphatic carbocycles. The number of amides is 1. The molecular weight excluding hydrogens is 232 g/mol. The van der Waals surface area contributed by atoms with Crippen LogP contribution in [0.4, 0.5) is 5.69 Å². The van der Waals surface area contributed by atoms with Crippen LogP contribution in [0.25, 0.3) is 0 Å². The average Bonchev–Trinajstić information content (AvgIpc) is 2.94. The van der Waals surface area contributed by atoms with E-state index < -0.39 is 0 Å². The summed E-state index contributed by atoms with van der Waals surface area (Å²) < 4.78 is 0. The van der Waals surface area contributed by atoms with E-state index in [2.05, 4.69) is 36.2 Å². The Morgan fingerprint density at radius 2 is 2.24 bits per heavy atom. The molecule has 0 saturated carbocycles. The maximum atomic E-state index is 11.1. The molecule has 0 bridgehead atoms. The molecule has 2 unspecified atom stereocenters. The number of hydrogen-bond acceptors (Lipinski definition) is 3. The van der Waals surface area contributed by atoms with Gasteiger partial charge in [0.2, 0.25) is 6.41 Å². The van der Waals surface area contributed by atoms with Gasteiger partial charge in [0.25, 0.3) is 0 Å². The summed E-state index contributed by atoms with van der Waals surface area (Å²) in [4.78, 5) is 16.7. The Kier molecular flexibility index (Phi) is 2.74. The minimum Gasteiger partial charge on any atom is -0.359 e. The first-order valence-electron chi connectivity index (χ1n) is 6.01. The number of nitrogens with zero attached hydrogens (tertiary/aromatic N) is 2. The number of likely N-dealkylation sites (tertiary alicyclic amines) is 1. The standard InChI is InChI=1S/C13H16N2OS/c1-14-10-5-2-3-7-12(10)17-13(14)11-6-4-8-15(11)9-16/h2-3,5,7,9,11,13H,4,6,8H2,1H3. The van der Waals surface area contributed by atoms with Crippen LogP contribution in [0.15, 0.2) is 29.2 Å². The van der Waals surface area contributed by atoms with Crippen LogP contribution in [-0.2, 0) is 4.79 Å². The third kappa shape index (κ3) is 1.71. The quantitative estimate of drug-likeness (QED) is 0.749. The lowest BCUT2D eigenvalue weighted by Crippen LogP contribution is -2.43. The molecule has 1 aromatic carbocycles. The first kappa shape index (κ1) is 11.0. The largest absolute Gasteiger partial charge is 0.359 e. The number of hydrogen-bond donors (Lipinski definition) is 0. The van der Waals surface area contributed by atoms with Crippen LogP contribution in [0.2, 0.25) is 0 Å². The smallest absolute Gasteiger partial charge is 0.210 e. The van der Waals surface area contributed by atoms with Crippen LogP contribution >= 0.6 is 11.8 Å². The van der Waals surface area contributed by atoms with Gasteiger partial charge in [-0.05, 0) is 25.0 Å².